The van der Waals surface area contributed by atoms with Gasteiger partial charge in [0.05, 0.1) is 30.8 Å². The molecule has 1 aliphatic heterocycles. The summed E-state index contributed by atoms with van der Waals surface area (Å²) >= 11 is 0. The normalized spacial score (nSPS) is 14.9. The molecule has 10 heteroatoms. The fraction of sp³-hybridized carbons (Fsp3) is 0.353. The molecule has 0 unspecified atom stereocenters. The molecule has 0 radical (unpaired) electrons. The molecular formula is C17H18F3N5O2. The van der Waals surface area contributed by atoms with E-state index in [1.165, 1.54) is 12.4 Å². The van der Waals surface area contributed by atoms with Gasteiger partial charge in [0.2, 0.25) is 11.8 Å². The number of aromatic nitrogens is 2. The maximum absolute atomic E-state index is 14.2. The summed E-state index contributed by atoms with van der Waals surface area (Å²) in [6.07, 6.45) is 2.74. The number of likely N-dealkylation sites (N-methyl/N-ethyl adjacent to an activating group) is 1. The second kappa shape index (κ2) is 7.78. The lowest BCUT2D eigenvalue weighted by atomic mass is 10.1. The zero-order valence-electron chi connectivity index (χ0n) is 14.8. The third-order valence-electron chi connectivity index (χ3n) is 4.25. The van der Waals surface area contributed by atoms with E-state index in [2.05, 4.69) is 24.9 Å². The molecule has 144 valence electrons. The molecule has 1 amide bonds. The van der Waals surface area contributed by atoms with Crippen molar-refractivity contribution in [1.82, 2.24) is 14.9 Å². The highest BCUT2D eigenvalue weighted by Crippen LogP contribution is 2.27. The molecule has 2 aromatic rings. The maximum atomic E-state index is 14.2. The van der Waals surface area contributed by atoms with E-state index < -0.39 is 34.7 Å². The SMILES string of the molecule is COc1c(F)c(F)cc(C(=O)Nc2cnc(N3CCN(C)CC3)nc2)c1F. The number of ether oxygens (including phenoxy) is 1. The number of nitrogens with zero attached hydrogens (tertiary/aromatic N) is 4. The number of hydrogen-bond acceptors (Lipinski definition) is 6. The van der Waals surface area contributed by atoms with Crippen molar-refractivity contribution in [3.05, 3.63) is 41.5 Å². The monoisotopic (exact) mass is 381 g/mol. The predicted octanol–water partition coefficient (Wildman–Crippen LogP) is 1.91. The molecule has 0 saturated carbocycles. The maximum Gasteiger partial charge on any atom is 0.258 e. The van der Waals surface area contributed by atoms with Gasteiger partial charge in [0.15, 0.2) is 17.4 Å². The first kappa shape index (κ1) is 18.9. The van der Waals surface area contributed by atoms with Crippen molar-refractivity contribution in [2.45, 2.75) is 0 Å². The van der Waals surface area contributed by atoms with E-state index in [1.807, 2.05) is 11.9 Å². The number of benzene rings is 1. The number of carbonyl (C=O) groups excluding carboxylic acids is 1. The van der Waals surface area contributed by atoms with Crippen LogP contribution in [0.3, 0.4) is 0 Å². The van der Waals surface area contributed by atoms with E-state index in [0.29, 0.717) is 12.0 Å². The molecule has 1 N–H and O–H groups in total. The van der Waals surface area contributed by atoms with Crippen molar-refractivity contribution < 1.29 is 22.7 Å². The van der Waals surface area contributed by atoms with Crippen LogP contribution in [0.15, 0.2) is 18.5 Å². The van der Waals surface area contributed by atoms with Crippen LogP contribution < -0.4 is 15.0 Å². The summed E-state index contributed by atoms with van der Waals surface area (Å²) in [4.78, 5) is 24.8. The van der Waals surface area contributed by atoms with Gasteiger partial charge in [-0.1, -0.05) is 0 Å². The van der Waals surface area contributed by atoms with Gasteiger partial charge in [0, 0.05) is 26.2 Å². The number of halogens is 3. The minimum Gasteiger partial charge on any atom is -0.491 e. The summed E-state index contributed by atoms with van der Waals surface area (Å²) in [7, 11) is 3.01. The van der Waals surface area contributed by atoms with E-state index in [1.54, 1.807) is 0 Å². The number of anilines is 2. The number of nitrogens with one attached hydrogen (secondary N) is 1. The Morgan fingerprint density at radius 3 is 2.33 bits per heavy atom. The van der Waals surface area contributed by atoms with Crippen LogP contribution in [-0.2, 0) is 0 Å². The minimum absolute atomic E-state index is 0.195. The van der Waals surface area contributed by atoms with E-state index in [-0.39, 0.29) is 5.69 Å². The third kappa shape index (κ3) is 3.95. The highest BCUT2D eigenvalue weighted by molar-refractivity contribution is 6.04. The second-order valence-corrected chi connectivity index (χ2v) is 6.08. The largest absolute Gasteiger partial charge is 0.491 e. The summed E-state index contributed by atoms with van der Waals surface area (Å²) in [5.41, 5.74) is -0.491. The third-order valence-corrected chi connectivity index (χ3v) is 4.25. The van der Waals surface area contributed by atoms with Gasteiger partial charge in [-0.25, -0.2) is 18.7 Å². The highest BCUT2D eigenvalue weighted by Gasteiger charge is 2.24. The minimum atomic E-state index is -1.49. The Morgan fingerprint density at radius 2 is 1.74 bits per heavy atom. The van der Waals surface area contributed by atoms with Crippen molar-refractivity contribution in [1.29, 1.82) is 0 Å². The zero-order valence-corrected chi connectivity index (χ0v) is 14.8. The van der Waals surface area contributed by atoms with Crippen LogP contribution in [-0.4, -0.2) is 61.1 Å². The van der Waals surface area contributed by atoms with Crippen LogP contribution in [0.2, 0.25) is 0 Å². The van der Waals surface area contributed by atoms with Crippen molar-refractivity contribution in [2.24, 2.45) is 0 Å². The predicted molar refractivity (Wildman–Crippen MR) is 92.6 cm³/mol. The first-order valence-electron chi connectivity index (χ1n) is 8.19. The van der Waals surface area contributed by atoms with Crippen molar-refractivity contribution in [2.75, 3.05) is 50.6 Å². The number of piperazine rings is 1. The quantitative estimate of drug-likeness (QED) is 0.816. The van der Waals surface area contributed by atoms with Gasteiger partial charge in [0.1, 0.15) is 0 Å². The molecule has 1 fully saturated rings. The molecular weight excluding hydrogens is 363 g/mol. The zero-order chi connectivity index (χ0) is 19.6. The van der Waals surface area contributed by atoms with E-state index in [4.69, 9.17) is 0 Å². The van der Waals surface area contributed by atoms with Gasteiger partial charge in [-0.3, -0.25) is 4.79 Å². The first-order chi connectivity index (χ1) is 12.9. The molecule has 1 aliphatic rings. The summed E-state index contributed by atoms with van der Waals surface area (Å²) in [5, 5.41) is 2.36. The average molecular weight is 381 g/mol. The number of amides is 1. The van der Waals surface area contributed by atoms with Crippen molar-refractivity contribution in [3.63, 3.8) is 0 Å². The first-order valence-corrected chi connectivity index (χ1v) is 8.19. The van der Waals surface area contributed by atoms with Crippen LogP contribution in [0.4, 0.5) is 24.8 Å². The number of carbonyl (C=O) groups is 1. The van der Waals surface area contributed by atoms with E-state index in [0.717, 1.165) is 33.3 Å². The lowest BCUT2D eigenvalue weighted by molar-refractivity contribution is 0.102. The number of rotatable bonds is 4. The fourth-order valence-electron chi connectivity index (χ4n) is 2.68. The Labute approximate surface area is 153 Å². The summed E-state index contributed by atoms with van der Waals surface area (Å²) in [6, 6.07) is 0.474. The van der Waals surface area contributed by atoms with Crippen LogP contribution in [0.5, 0.6) is 5.75 Å². The molecule has 7 nitrogen and oxygen atoms in total. The topological polar surface area (TPSA) is 70.6 Å². The van der Waals surface area contributed by atoms with Gasteiger partial charge in [-0.2, -0.15) is 4.39 Å². The molecule has 1 aromatic heterocycles. The van der Waals surface area contributed by atoms with Crippen LogP contribution in [0, 0.1) is 17.5 Å². The van der Waals surface area contributed by atoms with Gasteiger partial charge >= 0.3 is 0 Å². The molecule has 1 saturated heterocycles. The van der Waals surface area contributed by atoms with Gasteiger partial charge in [-0.05, 0) is 13.1 Å². The summed E-state index contributed by atoms with van der Waals surface area (Å²) in [6.45, 7) is 3.34. The molecule has 0 spiro atoms. The average Bonchev–Trinajstić information content (AvgIpc) is 2.66. The molecule has 0 aliphatic carbocycles. The van der Waals surface area contributed by atoms with Crippen LogP contribution in [0.1, 0.15) is 10.4 Å². The molecule has 3 rings (SSSR count). The molecule has 2 heterocycles. The number of methoxy groups -OCH3 is 1. The van der Waals surface area contributed by atoms with E-state index in [9.17, 15) is 18.0 Å². The molecule has 1 aromatic carbocycles. The van der Waals surface area contributed by atoms with E-state index >= 15 is 0 Å². The van der Waals surface area contributed by atoms with Gasteiger partial charge in [0.25, 0.3) is 5.91 Å². The lowest BCUT2D eigenvalue weighted by Crippen LogP contribution is -2.45. The number of hydrogen-bond donors (Lipinski definition) is 1. The van der Waals surface area contributed by atoms with Gasteiger partial charge in [-0.15, -0.1) is 0 Å². The second-order valence-electron chi connectivity index (χ2n) is 6.08. The molecule has 27 heavy (non-hydrogen) atoms. The van der Waals surface area contributed by atoms with Crippen LogP contribution in [0.25, 0.3) is 0 Å². The van der Waals surface area contributed by atoms with Crippen LogP contribution >= 0.6 is 0 Å². The Kier molecular flexibility index (Phi) is 5.45. The van der Waals surface area contributed by atoms with Gasteiger partial charge < -0.3 is 19.9 Å². The fourth-order valence-corrected chi connectivity index (χ4v) is 2.68. The Hall–Kier alpha value is -2.88. The standard InChI is InChI=1S/C17H18F3N5O2/c1-24-3-5-25(6-4-24)17-21-8-10(9-22-17)23-16(26)11-7-12(18)14(20)15(27-2)13(11)19/h7-9H,3-6H2,1-2H3,(H,23,26). The van der Waals surface area contributed by atoms with Crippen molar-refractivity contribution >= 4 is 17.5 Å². The smallest absolute Gasteiger partial charge is 0.258 e. The molecule has 0 bridgehead atoms. The lowest BCUT2D eigenvalue weighted by Gasteiger charge is -2.32. The molecule has 0 atom stereocenters. The Morgan fingerprint density at radius 1 is 1.11 bits per heavy atom. The Balaban J connectivity index is 1.74. The van der Waals surface area contributed by atoms with Crippen molar-refractivity contribution in [3.8, 4) is 5.75 Å². The highest BCUT2D eigenvalue weighted by atomic mass is 19.2. The Bertz CT molecular complexity index is 839. The summed E-state index contributed by atoms with van der Waals surface area (Å²) < 4.78 is 45.7. The summed E-state index contributed by atoms with van der Waals surface area (Å²) in [5.74, 6) is -5.58.